The number of amides is 1. The lowest BCUT2D eigenvalue weighted by Crippen LogP contribution is -2.33. The number of thiophene rings is 1. The van der Waals surface area contributed by atoms with Crippen LogP contribution in [0.3, 0.4) is 0 Å². The van der Waals surface area contributed by atoms with Crippen molar-refractivity contribution < 1.29 is 4.79 Å². The molecular weight excluding hydrogens is 208 g/mol. The molecule has 0 unspecified atom stereocenters. The van der Waals surface area contributed by atoms with Crippen LogP contribution in [0, 0.1) is 6.92 Å². The highest BCUT2D eigenvalue weighted by molar-refractivity contribution is 7.10. The molecule has 1 aromatic rings. The van der Waals surface area contributed by atoms with Crippen molar-refractivity contribution in [2.75, 3.05) is 7.05 Å². The minimum absolute atomic E-state index is 0.0698. The SMILES string of the molecule is CNNC(=O)CCCCc1sccc1C. The maximum atomic E-state index is 11.1. The Morgan fingerprint density at radius 3 is 2.87 bits per heavy atom. The van der Waals surface area contributed by atoms with Crippen molar-refractivity contribution in [2.45, 2.75) is 32.6 Å². The summed E-state index contributed by atoms with van der Waals surface area (Å²) in [6.07, 6.45) is 3.73. The van der Waals surface area contributed by atoms with E-state index >= 15 is 0 Å². The lowest BCUT2D eigenvalue weighted by molar-refractivity contribution is -0.122. The molecule has 0 saturated carbocycles. The molecule has 0 aliphatic heterocycles. The maximum absolute atomic E-state index is 11.1. The highest BCUT2D eigenvalue weighted by Crippen LogP contribution is 2.18. The fourth-order valence-corrected chi connectivity index (χ4v) is 2.39. The summed E-state index contributed by atoms with van der Waals surface area (Å²) in [6.45, 7) is 2.14. The first-order valence-electron chi connectivity index (χ1n) is 5.22. The molecule has 15 heavy (non-hydrogen) atoms. The highest BCUT2D eigenvalue weighted by Gasteiger charge is 2.02. The van der Waals surface area contributed by atoms with E-state index in [1.807, 2.05) is 0 Å². The van der Waals surface area contributed by atoms with Crippen LogP contribution in [0.15, 0.2) is 11.4 Å². The Bertz CT molecular complexity index is 309. The molecule has 0 atom stereocenters. The minimum atomic E-state index is 0.0698. The number of carbonyl (C=O) groups excluding carboxylic acids is 1. The van der Waals surface area contributed by atoms with Crippen LogP contribution in [0.5, 0.6) is 0 Å². The Morgan fingerprint density at radius 1 is 1.47 bits per heavy atom. The standard InChI is InChI=1S/C11H18N2OS/c1-9-7-8-15-10(9)5-3-4-6-11(14)13-12-2/h7-8,12H,3-6H2,1-2H3,(H,13,14). The predicted molar refractivity (Wildman–Crippen MR) is 63.8 cm³/mol. The molecule has 1 heterocycles. The molecule has 0 radical (unpaired) electrons. The van der Waals surface area contributed by atoms with Gasteiger partial charge in [0.05, 0.1) is 0 Å². The molecule has 0 aromatic carbocycles. The summed E-state index contributed by atoms with van der Waals surface area (Å²) in [5, 5.41) is 2.12. The van der Waals surface area contributed by atoms with Crippen LogP contribution in [0.1, 0.15) is 29.7 Å². The molecule has 0 saturated heterocycles. The topological polar surface area (TPSA) is 41.1 Å². The number of hydrogen-bond acceptors (Lipinski definition) is 3. The number of unbranched alkanes of at least 4 members (excludes halogenated alkanes) is 1. The molecule has 84 valence electrons. The maximum Gasteiger partial charge on any atom is 0.234 e. The number of aryl methyl sites for hydroxylation is 2. The van der Waals surface area contributed by atoms with E-state index < -0.39 is 0 Å². The molecule has 2 N–H and O–H groups in total. The van der Waals surface area contributed by atoms with Gasteiger partial charge in [-0.25, -0.2) is 5.43 Å². The summed E-state index contributed by atoms with van der Waals surface area (Å²) in [5.74, 6) is 0.0698. The largest absolute Gasteiger partial charge is 0.292 e. The van der Waals surface area contributed by atoms with Crippen LogP contribution in [0.2, 0.25) is 0 Å². The summed E-state index contributed by atoms with van der Waals surface area (Å²) >= 11 is 1.81. The Balaban J connectivity index is 2.12. The number of nitrogens with one attached hydrogen (secondary N) is 2. The van der Waals surface area contributed by atoms with Crippen molar-refractivity contribution in [3.8, 4) is 0 Å². The van der Waals surface area contributed by atoms with Gasteiger partial charge in [0.2, 0.25) is 5.91 Å². The van der Waals surface area contributed by atoms with Gasteiger partial charge < -0.3 is 0 Å². The Hall–Kier alpha value is -0.870. The fraction of sp³-hybridized carbons (Fsp3) is 0.545. The molecule has 0 bridgehead atoms. The molecule has 1 aromatic heterocycles. The van der Waals surface area contributed by atoms with Gasteiger partial charge in [-0.3, -0.25) is 10.2 Å². The molecule has 0 fully saturated rings. The molecule has 0 spiro atoms. The summed E-state index contributed by atoms with van der Waals surface area (Å²) in [5.41, 5.74) is 6.57. The van der Waals surface area contributed by atoms with Crippen LogP contribution in [0.4, 0.5) is 0 Å². The van der Waals surface area contributed by atoms with Gasteiger partial charge >= 0.3 is 0 Å². The second-order valence-electron chi connectivity index (χ2n) is 3.53. The van der Waals surface area contributed by atoms with E-state index in [1.54, 1.807) is 18.4 Å². The van der Waals surface area contributed by atoms with Crippen molar-refractivity contribution >= 4 is 17.2 Å². The lowest BCUT2D eigenvalue weighted by atomic mass is 10.1. The van der Waals surface area contributed by atoms with Crippen LogP contribution >= 0.6 is 11.3 Å². The summed E-state index contributed by atoms with van der Waals surface area (Å²) in [4.78, 5) is 12.5. The smallest absolute Gasteiger partial charge is 0.234 e. The lowest BCUT2D eigenvalue weighted by Gasteiger charge is -2.02. The molecule has 3 nitrogen and oxygen atoms in total. The number of rotatable bonds is 6. The minimum Gasteiger partial charge on any atom is -0.292 e. The van der Waals surface area contributed by atoms with Gasteiger partial charge in [-0.15, -0.1) is 11.3 Å². The zero-order valence-corrected chi connectivity index (χ0v) is 10.1. The number of hydrogen-bond donors (Lipinski definition) is 2. The fourth-order valence-electron chi connectivity index (χ4n) is 1.43. The van der Waals surface area contributed by atoms with E-state index in [1.165, 1.54) is 10.4 Å². The van der Waals surface area contributed by atoms with Gasteiger partial charge in [-0.1, -0.05) is 0 Å². The second kappa shape index (κ2) is 6.58. The molecule has 0 aliphatic carbocycles. The molecule has 4 heteroatoms. The Kier molecular flexibility index (Phi) is 5.36. The zero-order valence-electron chi connectivity index (χ0n) is 9.30. The van der Waals surface area contributed by atoms with Crippen LogP contribution in [-0.2, 0) is 11.2 Å². The van der Waals surface area contributed by atoms with Gasteiger partial charge in [0.15, 0.2) is 0 Å². The van der Waals surface area contributed by atoms with Gasteiger partial charge in [0, 0.05) is 18.3 Å². The molecular formula is C11H18N2OS. The quantitative estimate of drug-likeness (QED) is 0.575. The first kappa shape index (κ1) is 12.2. The second-order valence-corrected chi connectivity index (χ2v) is 4.53. The first-order chi connectivity index (χ1) is 7.24. The van der Waals surface area contributed by atoms with E-state index in [-0.39, 0.29) is 5.91 Å². The average Bonchev–Trinajstić information content (AvgIpc) is 2.60. The molecule has 1 amide bonds. The van der Waals surface area contributed by atoms with E-state index in [0.29, 0.717) is 6.42 Å². The van der Waals surface area contributed by atoms with Crippen molar-refractivity contribution in [1.82, 2.24) is 10.9 Å². The summed E-state index contributed by atoms with van der Waals surface area (Å²) < 4.78 is 0. The average molecular weight is 226 g/mol. The third kappa shape index (κ3) is 4.44. The third-order valence-electron chi connectivity index (χ3n) is 2.29. The van der Waals surface area contributed by atoms with Crippen molar-refractivity contribution in [2.24, 2.45) is 0 Å². The zero-order chi connectivity index (χ0) is 11.1. The van der Waals surface area contributed by atoms with Crippen molar-refractivity contribution in [3.63, 3.8) is 0 Å². The Labute approximate surface area is 94.9 Å². The van der Waals surface area contributed by atoms with Crippen LogP contribution < -0.4 is 10.9 Å². The van der Waals surface area contributed by atoms with Gasteiger partial charge in [0.1, 0.15) is 0 Å². The van der Waals surface area contributed by atoms with Crippen molar-refractivity contribution in [3.05, 3.63) is 21.9 Å². The number of carbonyl (C=O) groups is 1. The van der Waals surface area contributed by atoms with E-state index in [4.69, 9.17) is 0 Å². The van der Waals surface area contributed by atoms with E-state index in [2.05, 4.69) is 29.2 Å². The van der Waals surface area contributed by atoms with Gasteiger partial charge in [-0.05, 0) is 43.2 Å². The van der Waals surface area contributed by atoms with E-state index in [0.717, 1.165) is 19.3 Å². The predicted octanol–water partition coefficient (Wildman–Crippen LogP) is 2.02. The molecule has 0 aliphatic rings. The van der Waals surface area contributed by atoms with E-state index in [9.17, 15) is 4.79 Å². The van der Waals surface area contributed by atoms with Crippen molar-refractivity contribution in [1.29, 1.82) is 0 Å². The summed E-state index contributed by atoms with van der Waals surface area (Å²) in [7, 11) is 1.70. The summed E-state index contributed by atoms with van der Waals surface area (Å²) in [6, 6.07) is 2.15. The van der Waals surface area contributed by atoms with Crippen LogP contribution in [-0.4, -0.2) is 13.0 Å². The van der Waals surface area contributed by atoms with Gasteiger partial charge in [0.25, 0.3) is 0 Å². The monoisotopic (exact) mass is 226 g/mol. The van der Waals surface area contributed by atoms with Gasteiger partial charge in [-0.2, -0.15) is 0 Å². The van der Waals surface area contributed by atoms with Crippen LogP contribution in [0.25, 0.3) is 0 Å². The normalized spacial score (nSPS) is 10.3. The number of hydrazine groups is 1. The first-order valence-corrected chi connectivity index (χ1v) is 6.10. The Morgan fingerprint density at radius 2 is 2.27 bits per heavy atom. The third-order valence-corrected chi connectivity index (χ3v) is 3.37. The highest BCUT2D eigenvalue weighted by atomic mass is 32.1. The molecule has 1 rings (SSSR count).